The Hall–Kier alpha value is -0.830. The molecule has 84 valence electrons. The highest BCUT2D eigenvalue weighted by Crippen LogP contribution is 2.38. The number of hydrogen-bond acceptors (Lipinski definition) is 2. The van der Waals surface area contributed by atoms with Crippen molar-refractivity contribution < 1.29 is 0 Å². The zero-order chi connectivity index (χ0) is 10.8. The van der Waals surface area contributed by atoms with Crippen molar-refractivity contribution in [1.29, 1.82) is 0 Å². The average molecular weight is 207 g/mol. The summed E-state index contributed by atoms with van der Waals surface area (Å²) >= 11 is 0. The van der Waals surface area contributed by atoms with E-state index in [0.717, 1.165) is 19.4 Å². The summed E-state index contributed by atoms with van der Waals surface area (Å²) in [5, 5.41) is 4.39. The monoisotopic (exact) mass is 207 g/mol. The number of rotatable bonds is 3. The van der Waals surface area contributed by atoms with E-state index in [1.807, 2.05) is 10.9 Å². The molecule has 0 bridgehead atoms. The first-order chi connectivity index (χ1) is 7.22. The van der Waals surface area contributed by atoms with Gasteiger partial charge in [0.1, 0.15) is 0 Å². The fourth-order valence-corrected chi connectivity index (χ4v) is 2.59. The number of nitrogens with two attached hydrogens (primary N) is 1. The fourth-order valence-electron chi connectivity index (χ4n) is 2.59. The van der Waals surface area contributed by atoms with Crippen molar-refractivity contribution in [2.24, 2.45) is 11.7 Å². The molecule has 1 fully saturated rings. The van der Waals surface area contributed by atoms with Crippen LogP contribution in [0.25, 0.3) is 0 Å². The van der Waals surface area contributed by atoms with E-state index in [1.54, 1.807) is 0 Å². The van der Waals surface area contributed by atoms with Crippen LogP contribution in [0.4, 0.5) is 0 Å². The minimum Gasteiger partial charge on any atom is -0.327 e. The van der Waals surface area contributed by atoms with Crippen molar-refractivity contribution in [2.45, 2.75) is 51.6 Å². The van der Waals surface area contributed by atoms with E-state index in [0.29, 0.717) is 17.9 Å². The molecule has 1 aliphatic rings. The average Bonchev–Trinajstić information content (AvgIpc) is 2.77. The Morgan fingerprint density at radius 2 is 2.33 bits per heavy atom. The van der Waals surface area contributed by atoms with Gasteiger partial charge in [-0.2, -0.15) is 5.10 Å². The normalized spacial score (nSPS) is 31.0. The van der Waals surface area contributed by atoms with E-state index in [4.69, 9.17) is 5.73 Å². The summed E-state index contributed by atoms with van der Waals surface area (Å²) < 4.78 is 2.05. The lowest BCUT2D eigenvalue weighted by Crippen LogP contribution is -2.24. The molecule has 1 aliphatic carbocycles. The van der Waals surface area contributed by atoms with Gasteiger partial charge in [0.2, 0.25) is 0 Å². The van der Waals surface area contributed by atoms with Gasteiger partial charge in [-0.1, -0.05) is 13.8 Å². The van der Waals surface area contributed by atoms with Crippen LogP contribution in [0.5, 0.6) is 0 Å². The first-order valence-corrected chi connectivity index (χ1v) is 6.00. The van der Waals surface area contributed by atoms with E-state index in [1.165, 1.54) is 12.0 Å². The third kappa shape index (κ3) is 2.07. The molecule has 1 aromatic rings. The molecule has 0 saturated heterocycles. The zero-order valence-corrected chi connectivity index (χ0v) is 9.69. The van der Waals surface area contributed by atoms with Crippen LogP contribution in [-0.4, -0.2) is 15.8 Å². The van der Waals surface area contributed by atoms with Gasteiger partial charge in [-0.15, -0.1) is 0 Å². The van der Waals surface area contributed by atoms with Crippen molar-refractivity contribution in [3.05, 3.63) is 18.0 Å². The Kier molecular flexibility index (Phi) is 3.10. The quantitative estimate of drug-likeness (QED) is 0.825. The second kappa shape index (κ2) is 4.35. The third-order valence-electron chi connectivity index (χ3n) is 3.66. The summed E-state index contributed by atoms with van der Waals surface area (Å²) in [7, 11) is 0. The molecular formula is C12H21N3. The summed E-state index contributed by atoms with van der Waals surface area (Å²) in [5.41, 5.74) is 7.42. The number of aromatic nitrogens is 2. The fraction of sp³-hybridized carbons (Fsp3) is 0.750. The molecule has 3 heteroatoms. The smallest absolute Gasteiger partial charge is 0.0524 e. The Bertz CT molecular complexity index is 318. The number of hydrogen-bond donors (Lipinski definition) is 1. The minimum absolute atomic E-state index is 0.379. The maximum atomic E-state index is 6.04. The SMILES string of the molecule is CCCn1cc(C2CCC(N)C2C)cn1. The Balaban J connectivity index is 2.09. The van der Waals surface area contributed by atoms with Gasteiger partial charge in [-0.05, 0) is 36.7 Å². The predicted molar refractivity (Wildman–Crippen MR) is 61.6 cm³/mol. The summed E-state index contributed by atoms with van der Waals surface area (Å²) in [6.45, 7) is 5.46. The van der Waals surface area contributed by atoms with Gasteiger partial charge in [0.15, 0.2) is 0 Å². The third-order valence-corrected chi connectivity index (χ3v) is 3.66. The van der Waals surface area contributed by atoms with Crippen LogP contribution in [0.15, 0.2) is 12.4 Å². The maximum Gasteiger partial charge on any atom is 0.0524 e. The lowest BCUT2D eigenvalue weighted by molar-refractivity contribution is 0.478. The van der Waals surface area contributed by atoms with Gasteiger partial charge in [0, 0.05) is 18.8 Å². The second-order valence-electron chi connectivity index (χ2n) is 4.74. The largest absolute Gasteiger partial charge is 0.327 e. The van der Waals surface area contributed by atoms with Gasteiger partial charge in [0.05, 0.1) is 6.20 Å². The van der Waals surface area contributed by atoms with Crippen molar-refractivity contribution in [3.8, 4) is 0 Å². The van der Waals surface area contributed by atoms with Crippen molar-refractivity contribution in [1.82, 2.24) is 9.78 Å². The minimum atomic E-state index is 0.379. The van der Waals surface area contributed by atoms with E-state index >= 15 is 0 Å². The van der Waals surface area contributed by atoms with Crippen molar-refractivity contribution >= 4 is 0 Å². The predicted octanol–water partition coefficient (Wildman–Crippen LogP) is 2.13. The van der Waals surface area contributed by atoms with Crippen LogP contribution >= 0.6 is 0 Å². The van der Waals surface area contributed by atoms with Crippen LogP contribution in [0.2, 0.25) is 0 Å². The molecule has 1 aromatic heterocycles. The summed E-state index contributed by atoms with van der Waals surface area (Å²) in [6, 6.07) is 0.379. The maximum absolute atomic E-state index is 6.04. The van der Waals surface area contributed by atoms with Gasteiger partial charge < -0.3 is 5.73 Å². The highest BCUT2D eigenvalue weighted by atomic mass is 15.3. The van der Waals surface area contributed by atoms with Crippen LogP contribution < -0.4 is 5.73 Å². The van der Waals surface area contributed by atoms with Crippen molar-refractivity contribution in [2.75, 3.05) is 0 Å². The first kappa shape index (κ1) is 10.7. The molecule has 3 atom stereocenters. The molecule has 3 unspecified atom stereocenters. The molecule has 2 rings (SSSR count). The summed E-state index contributed by atoms with van der Waals surface area (Å²) in [4.78, 5) is 0. The van der Waals surface area contributed by atoms with Crippen LogP contribution in [-0.2, 0) is 6.54 Å². The van der Waals surface area contributed by atoms with Gasteiger partial charge in [-0.3, -0.25) is 4.68 Å². The molecular weight excluding hydrogens is 186 g/mol. The van der Waals surface area contributed by atoms with E-state index in [-0.39, 0.29) is 0 Å². The van der Waals surface area contributed by atoms with Crippen LogP contribution in [0.3, 0.4) is 0 Å². The summed E-state index contributed by atoms with van der Waals surface area (Å²) in [6.07, 6.45) is 7.74. The summed E-state index contributed by atoms with van der Waals surface area (Å²) in [5.74, 6) is 1.23. The molecule has 1 saturated carbocycles. The van der Waals surface area contributed by atoms with Gasteiger partial charge in [-0.25, -0.2) is 0 Å². The highest BCUT2D eigenvalue weighted by molar-refractivity contribution is 5.15. The standard InChI is InChI=1S/C12H21N3/c1-3-6-15-8-10(7-14-15)11-4-5-12(13)9(11)2/h7-9,11-12H,3-6,13H2,1-2H3. The lowest BCUT2D eigenvalue weighted by Gasteiger charge is -2.16. The van der Waals surface area contributed by atoms with Gasteiger partial charge in [0.25, 0.3) is 0 Å². The van der Waals surface area contributed by atoms with E-state index in [9.17, 15) is 0 Å². The molecule has 15 heavy (non-hydrogen) atoms. The molecule has 0 amide bonds. The van der Waals surface area contributed by atoms with Gasteiger partial charge >= 0.3 is 0 Å². The molecule has 3 nitrogen and oxygen atoms in total. The molecule has 1 heterocycles. The molecule has 0 radical (unpaired) electrons. The highest BCUT2D eigenvalue weighted by Gasteiger charge is 2.31. The lowest BCUT2D eigenvalue weighted by atomic mass is 9.91. The molecule has 2 N–H and O–H groups in total. The number of aryl methyl sites for hydroxylation is 1. The van der Waals surface area contributed by atoms with Crippen molar-refractivity contribution in [3.63, 3.8) is 0 Å². The Morgan fingerprint density at radius 1 is 1.53 bits per heavy atom. The van der Waals surface area contributed by atoms with Crippen LogP contribution in [0.1, 0.15) is 44.6 Å². The molecule has 0 spiro atoms. The Labute approximate surface area is 91.7 Å². The Morgan fingerprint density at radius 3 is 2.93 bits per heavy atom. The first-order valence-electron chi connectivity index (χ1n) is 6.00. The molecule has 0 aliphatic heterocycles. The zero-order valence-electron chi connectivity index (χ0n) is 9.69. The number of nitrogens with zero attached hydrogens (tertiary/aromatic N) is 2. The molecule has 0 aromatic carbocycles. The second-order valence-corrected chi connectivity index (χ2v) is 4.74. The van der Waals surface area contributed by atoms with Crippen LogP contribution in [0, 0.1) is 5.92 Å². The van der Waals surface area contributed by atoms with E-state index in [2.05, 4.69) is 25.1 Å². The van der Waals surface area contributed by atoms with E-state index < -0.39 is 0 Å². The topological polar surface area (TPSA) is 43.8 Å².